The normalized spacial score (nSPS) is 11.0. The molecule has 0 atom stereocenters. The number of thiazole rings is 1. The lowest BCUT2D eigenvalue weighted by molar-refractivity contribution is -0.113. The molecule has 0 spiro atoms. The van der Waals surface area contributed by atoms with Crippen molar-refractivity contribution >= 4 is 34.1 Å². The SMILES string of the molecule is C=CCn1c(SCC(=O)Nc2nc(-c3cc(C)c(C)cc3C)cs2)nnc1-c1ccoc1C. The summed E-state index contributed by atoms with van der Waals surface area (Å²) in [4.78, 5) is 17.2. The van der Waals surface area contributed by atoms with Gasteiger partial charge in [-0.2, -0.15) is 0 Å². The Morgan fingerprint density at radius 3 is 2.70 bits per heavy atom. The number of aryl methyl sites for hydroxylation is 4. The number of hydrogen-bond acceptors (Lipinski definition) is 7. The molecule has 33 heavy (non-hydrogen) atoms. The zero-order valence-corrected chi connectivity index (χ0v) is 20.6. The maximum Gasteiger partial charge on any atom is 0.236 e. The summed E-state index contributed by atoms with van der Waals surface area (Å²) < 4.78 is 7.32. The monoisotopic (exact) mass is 479 g/mol. The molecule has 7 nitrogen and oxygen atoms in total. The Labute approximate surface area is 201 Å². The Bertz CT molecular complexity index is 1320. The van der Waals surface area contributed by atoms with E-state index in [9.17, 15) is 4.79 Å². The van der Waals surface area contributed by atoms with Crippen LogP contribution >= 0.6 is 23.1 Å². The summed E-state index contributed by atoms with van der Waals surface area (Å²) in [5, 5.41) is 14.7. The number of carbonyl (C=O) groups is 1. The van der Waals surface area contributed by atoms with Crippen molar-refractivity contribution in [3.63, 3.8) is 0 Å². The number of amides is 1. The maximum absolute atomic E-state index is 12.6. The van der Waals surface area contributed by atoms with Gasteiger partial charge < -0.3 is 9.73 Å². The molecule has 3 aromatic heterocycles. The molecule has 4 aromatic rings. The van der Waals surface area contributed by atoms with Crippen LogP contribution in [-0.2, 0) is 11.3 Å². The summed E-state index contributed by atoms with van der Waals surface area (Å²) >= 11 is 2.74. The molecular weight excluding hydrogens is 454 g/mol. The number of furan rings is 1. The van der Waals surface area contributed by atoms with Crippen molar-refractivity contribution in [2.75, 3.05) is 11.1 Å². The molecule has 0 unspecified atom stereocenters. The molecule has 9 heteroatoms. The molecule has 0 saturated heterocycles. The van der Waals surface area contributed by atoms with E-state index in [0.717, 1.165) is 22.6 Å². The fourth-order valence-corrected chi connectivity index (χ4v) is 4.96. The zero-order chi connectivity index (χ0) is 23.5. The third-order valence-corrected chi connectivity index (χ3v) is 7.05. The first-order valence-corrected chi connectivity index (χ1v) is 12.3. The van der Waals surface area contributed by atoms with Crippen LogP contribution in [0.2, 0.25) is 0 Å². The summed E-state index contributed by atoms with van der Waals surface area (Å²) in [6.07, 6.45) is 3.40. The van der Waals surface area contributed by atoms with Gasteiger partial charge in [0.2, 0.25) is 5.91 Å². The van der Waals surface area contributed by atoms with Gasteiger partial charge in [0.25, 0.3) is 0 Å². The topological polar surface area (TPSA) is 85.8 Å². The van der Waals surface area contributed by atoms with E-state index in [4.69, 9.17) is 4.42 Å². The lowest BCUT2D eigenvalue weighted by Gasteiger charge is -2.08. The second-order valence-electron chi connectivity index (χ2n) is 7.72. The third-order valence-electron chi connectivity index (χ3n) is 5.33. The van der Waals surface area contributed by atoms with Gasteiger partial charge in [0.1, 0.15) is 5.76 Å². The second-order valence-corrected chi connectivity index (χ2v) is 9.52. The highest BCUT2D eigenvalue weighted by molar-refractivity contribution is 7.99. The van der Waals surface area contributed by atoms with E-state index < -0.39 is 0 Å². The van der Waals surface area contributed by atoms with Crippen LogP contribution in [0.4, 0.5) is 5.13 Å². The summed E-state index contributed by atoms with van der Waals surface area (Å²) in [7, 11) is 0. The highest BCUT2D eigenvalue weighted by Crippen LogP contribution is 2.30. The van der Waals surface area contributed by atoms with Crippen molar-refractivity contribution in [1.82, 2.24) is 19.7 Å². The smallest absolute Gasteiger partial charge is 0.236 e. The minimum atomic E-state index is -0.146. The number of aromatic nitrogens is 4. The number of nitrogens with zero attached hydrogens (tertiary/aromatic N) is 4. The van der Waals surface area contributed by atoms with E-state index >= 15 is 0 Å². The second kappa shape index (κ2) is 9.76. The van der Waals surface area contributed by atoms with Crippen molar-refractivity contribution in [3.05, 3.63) is 64.9 Å². The largest absolute Gasteiger partial charge is 0.469 e. The molecule has 0 bridgehead atoms. The van der Waals surface area contributed by atoms with Crippen LogP contribution in [0.3, 0.4) is 0 Å². The predicted octanol–water partition coefficient (Wildman–Crippen LogP) is 5.81. The average Bonchev–Trinajstić information content (AvgIpc) is 3.50. The molecule has 0 fully saturated rings. The fourth-order valence-electron chi connectivity index (χ4n) is 3.48. The van der Waals surface area contributed by atoms with Gasteiger partial charge in [-0.3, -0.25) is 9.36 Å². The number of rotatable bonds is 8. The molecule has 1 amide bonds. The molecule has 170 valence electrons. The third kappa shape index (κ3) is 4.94. The Kier molecular flexibility index (Phi) is 6.80. The Morgan fingerprint density at radius 1 is 1.18 bits per heavy atom. The summed E-state index contributed by atoms with van der Waals surface area (Å²) in [6.45, 7) is 12.5. The quantitative estimate of drug-likeness (QED) is 0.253. The van der Waals surface area contributed by atoms with E-state index in [1.165, 1.54) is 39.8 Å². The lowest BCUT2D eigenvalue weighted by atomic mass is 9.99. The standard InChI is InChI=1S/C24H25N5O2S2/c1-6-8-29-22(18-7-9-31-17(18)5)27-28-24(29)33-13-21(30)26-23-25-20(12-32-23)19-11-15(3)14(2)10-16(19)4/h6-7,9-12H,1,8,13H2,2-5H3,(H,25,26,30). The number of carbonyl (C=O) groups excluding carboxylic acids is 1. The minimum Gasteiger partial charge on any atom is -0.469 e. The van der Waals surface area contributed by atoms with Gasteiger partial charge in [0.15, 0.2) is 16.1 Å². The van der Waals surface area contributed by atoms with Crippen LogP contribution < -0.4 is 5.32 Å². The van der Waals surface area contributed by atoms with Crippen molar-refractivity contribution in [2.24, 2.45) is 0 Å². The number of thioether (sulfide) groups is 1. The highest BCUT2D eigenvalue weighted by atomic mass is 32.2. The van der Waals surface area contributed by atoms with Crippen LogP contribution in [-0.4, -0.2) is 31.4 Å². The lowest BCUT2D eigenvalue weighted by Crippen LogP contribution is -2.14. The molecule has 0 aliphatic rings. The molecule has 1 N–H and O–H groups in total. The predicted molar refractivity (Wildman–Crippen MR) is 134 cm³/mol. The van der Waals surface area contributed by atoms with Crippen LogP contribution in [0.5, 0.6) is 0 Å². The van der Waals surface area contributed by atoms with Crippen molar-refractivity contribution in [2.45, 2.75) is 39.4 Å². The first-order chi connectivity index (χ1) is 15.9. The summed E-state index contributed by atoms with van der Waals surface area (Å²) in [5.74, 6) is 1.50. The highest BCUT2D eigenvalue weighted by Gasteiger charge is 2.18. The Balaban J connectivity index is 1.44. The Hall–Kier alpha value is -3.17. The molecule has 0 saturated carbocycles. The van der Waals surface area contributed by atoms with Crippen LogP contribution in [0.25, 0.3) is 22.6 Å². The molecule has 1 aromatic carbocycles. The molecule has 0 aliphatic carbocycles. The molecule has 0 radical (unpaired) electrons. The van der Waals surface area contributed by atoms with Crippen LogP contribution in [0.15, 0.2) is 52.1 Å². The van der Waals surface area contributed by atoms with E-state index in [2.05, 4.69) is 60.0 Å². The Morgan fingerprint density at radius 2 is 1.97 bits per heavy atom. The first kappa shape index (κ1) is 23.0. The minimum absolute atomic E-state index is 0.146. The molecule has 4 rings (SSSR count). The van der Waals surface area contributed by atoms with E-state index in [0.29, 0.717) is 22.7 Å². The molecule has 0 aliphatic heterocycles. The number of nitrogens with one attached hydrogen (secondary N) is 1. The van der Waals surface area contributed by atoms with Gasteiger partial charge in [-0.05, 0) is 56.5 Å². The molecule has 3 heterocycles. The summed E-state index contributed by atoms with van der Waals surface area (Å²) in [5.41, 5.74) is 6.48. The van der Waals surface area contributed by atoms with Gasteiger partial charge in [0.05, 0.1) is 23.3 Å². The van der Waals surface area contributed by atoms with Gasteiger partial charge in [-0.15, -0.1) is 28.1 Å². The van der Waals surface area contributed by atoms with Gasteiger partial charge in [-0.1, -0.05) is 23.9 Å². The van der Waals surface area contributed by atoms with Gasteiger partial charge >= 0.3 is 0 Å². The van der Waals surface area contributed by atoms with E-state index in [1.54, 1.807) is 12.3 Å². The van der Waals surface area contributed by atoms with Gasteiger partial charge in [0, 0.05) is 17.5 Å². The number of benzene rings is 1. The van der Waals surface area contributed by atoms with Crippen LogP contribution in [0.1, 0.15) is 22.5 Å². The van der Waals surface area contributed by atoms with E-state index in [1.807, 2.05) is 22.9 Å². The maximum atomic E-state index is 12.6. The van der Waals surface area contributed by atoms with Crippen LogP contribution in [0, 0.1) is 27.7 Å². The molecular formula is C24H25N5O2S2. The average molecular weight is 480 g/mol. The number of hydrogen-bond donors (Lipinski definition) is 1. The van der Waals surface area contributed by atoms with Crippen molar-refractivity contribution < 1.29 is 9.21 Å². The van der Waals surface area contributed by atoms with Gasteiger partial charge in [-0.25, -0.2) is 4.98 Å². The van der Waals surface area contributed by atoms with Crippen molar-refractivity contribution in [3.8, 4) is 22.6 Å². The summed E-state index contributed by atoms with van der Waals surface area (Å²) in [6, 6.07) is 6.17. The fraction of sp³-hybridized carbons (Fsp3) is 0.250. The zero-order valence-electron chi connectivity index (χ0n) is 19.0. The van der Waals surface area contributed by atoms with Crippen molar-refractivity contribution in [1.29, 1.82) is 0 Å². The first-order valence-electron chi connectivity index (χ1n) is 10.4. The van der Waals surface area contributed by atoms with E-state index in [-0.39, 0.29) is 11.7 Å². The number of allylic oxidation sites excluding steroid dienone is 1. The number of anilines is 1.